The third-order valence-electron chi connectivity index (χ3n) is 2.32. The summed E-state index contributed by atoms with van der Waals surface area (Å²) >= 11 is 0. The molecule has 0 atom stereocenters. The predicted molar refractivity (Wildman–Crippen MR) is 63.6 cm³/mol. The van der Waals surface area contributed by atoms with Crippen LogP contribution in [0.5, 0.6) is 0 Å². The Balaban J connectivity index is 3.38. The number of hydrogen-bond donors (Lipinski definition) is 2. The number of aromatic carboxylic acids is 1. The van der Waals surface area contributed by atoms with Crippen LogP contribution >= 0.6 is 0 Å². The maximum Gasteiger partial charge on any atom is 0.335 e. The van der Waals surface area contributed by atoms with Crippen molar-refractivity contribution in [2.75, 3.05) is 6.54 Å². The van der Waals surface area contributed by atoms with E-state index in [9.17, 15) is 13.2 Å². The zero-order chi connectivity index (χ0) is 13.1. The van der Waals surface area contributed by atoms with Crippen LogP contribution in [-0.2, 0) is 16.4 Å². The van der Waals surface area contributed by atoms with Crippen LogP contribution < -0.4 is 4.72 Å². The van der Waals surface area contributed by atoms with E-state index in [1.807, 2.05) is 6.92 Å². The first-order valence-electron chi connectivity index (χ1n) is 5.28. The second kappa shape index (κ2) is 5.29. The first-order chi connectivity index (χ1) is 7.92. The van der Waals surface area contributed by atoms with Gasteiger partial charge in [-0.05, 0) is 24.1 Å². The van der Waals surface area contributed by atoms with Gasteiger partial charge in [0.25, 0.3) is 0 Å². The molecule has 0 amide bonds. The number of carbonyl (C=O) groups is 1. The smallest absolute Gasteiger partial charge is 0.335 e. The average molecular weight is 257 g/mol. The average Bonchev–Trinajstić information content (AvgIpc) is 2.28. The number of rotatable bonds is 5. The highest BCUT2D eigenvalue weighted by Gasteiger charge is 2.18. The molecule has 6 heteroatoms. The molecule has 0 fully saturated rings. The van der Waals surface area contributed by atoms with Crippen molar-refractivity contribution in [3.05, 3.63) is 29.3 Å². The number of carboxylic acids is 1. The van der Waals surface area contributed by atoms with Gasteiger partial charge in [-0.2, -0.15) is 0 Å². The molecule has 17 heavy (non-hydrogen) atoms. The van der Waals surface area contributed by atoms with Gasteiger partial charge < -0.3 is 5.11 Å². The van der Waals surface area contributed by atoms with E-state index in [0.717, 1.165) is 0 Å². The fourth-order valence-electron chi connectivity index (χ4n) is 1.50. The molecule has 1 aromatic rings. The Kier molecular flexibility index (Phi) is 4.25. The zero-order valence-electron chi connectivity index (χ0n) is 9.73. The number of benzene rings is 1. The maximum absolute atomic E-state index is 11.9. The van der Waals surface area contributed by atoms with Gasteiger partial charge in [0.2, 0.25) is 10.0 Å². The minimum atomic E-state index is -3.62. The van der Waals surface area contributed by atoms with Crippen LogP contribution in [0.15, 0.2) is 23.1 Å². The molecule has 5 nitrogen and oxygen atoms in total. The molecule has 0 heterocycles. The number of carboxylic acid groups (broad SMARTS) is 1. The van der Waals surface area contributed by atoms with Crippen molar-refractivity contribution in [1.29, 1.82) is 0 Å². The summed E-state index contributed by atoms with van der Waals surface area (Å²) in [5, 5.41) is 8.85. The lowest BCUT2D eigenvalue weighted by molar-refractivity contribution is 0.0696. The van der Waals surface area contributed by atoms with Crippen LogP contribution in [0.4, 0.5) is 0 Å². The van der Waals surface area contributed by atoms with E-state index in [-0.39, 0.29) is 17.0 Å². The van der Waals surface area contributed by atoms with Crippen LogP contribution in [0.1, 0.15) is 29.8 Å². The fourth-order valence-corrected chi connectivity index (χ4v) is 2.87. The zero-order valence-corrected chi connectivity index (χ0v) is 10.5. The lowest BCUT2D eigenvalue weighted by Crippen LogP contribution is -2.24. The normalized spacial score (nSPS) is 11.4. The molecule has 0 saturated carbocycles. The monoisotopic (exact) mass is 257 g/mol. The lowest BCUT2D eigenvalue weighted by Gasteiger charge is -2.10. The Morgan fingerprint density at radius 1 is 1.35 bits per heavy atom. The van der Waals surface area contributed by atoms with Gasteiger partial charge in [-0.1, -0.05) is 19.9 Å². The number of hydrogen-bond acceptors (Lipinski definition) is 3. The summed E-state index contributed by atoms with van der Waals surface area (Å²) in [5.41, 5.74) is 0.578. The standard InChI is InChI=1S/C11H15NO4S/c1-3-8-5-6-9(11(13)14)7-10(8)17(15,16)12-4-2/h5-7,12H,3-4H2,1-2H3,(H,13,14). The summed E-state index contributed by atoms with van der Waals surface area (Å²) in [6.45, 7) is 3.76. The van der Waals surface area contributed by atoms with Crippen LogP contribution in [0.25, 0.3) is 0 Å². The largest absolute Gasteiger partial charge is 0.478 e. The van der Waals surface area contributed by atoms with Gasteiger partial charge in [-0.25, -0.2) is 17.9 Å². The van der Waals surface area contributed by atoms with Gasteiger partial charge in [-0.15, -0.1) is 0 Å². The molecule has 0 saturated heterocycles. The second-order valence-corrected chi connectivity index (χ2v) is 5.22. The quantitative estimate of drug-likeness (QED) is 0.831. The SMILES string of the molecule is CCNS(=O)(=O)c1cc(C(=O)O)ccc1CC. The fraction of sp³-hybridized carbons (Fsp3) is 0.364. The minimum absolute atomic E-state index is 0.0290. The van der Waals surface area contributed by atoms with E-state index >= 15 is 0 Å². The summed E-state index contributed by atoms with van der Waals surface area (Å²) in [4.78, 5) is 10.9. The maximum atomic E-state index is 11.9. The first kappa shape index (κ1) is 13.7. The number of sulfonamides is 1. The third-order valence-corrected chi connectivity index (χ3v) is 3.95. The van der Waals surface area contributed by atoms with Gasteiger partial charge in [0.15, 0.2) is 0 Å². The highest BCUT2D eigenvalue weighted by molar-refractivity contribution is 7.89. The Bertz CT molecular complexity index is 522. The Hall–Kier alpha value is -1.40. The molecule has 0 spiro atoms. The molecule has 0 bridgehead atoms. The molecule has 0 aliphatic heterocycles. The van der Waals surface area contributed by atoms with Gasteiger partial charge in [0.05, 0.1) is 10.5 Å². The van der Waals surface area contributed by atoms with Crippen molar-refractivity contribution in [3.63, 3.8) is 0 Å². The van der Waals surface area contributed by atoms with Crippen LogP contribution in [0.3, 0.4) is 0 Å². The highest BCUT2D eigenvalue weighted by atomic mass is 32.2. The molecule has 94 valence electrons. The van der Waals surface area contributed by atoms with Crippen molar-refractivity contribution in [3.8, 4) is 0 Å². The summed E-state index contributed by atoms with van der Waals surface area (Å²) in [6, 6.07) is 4.14. The van der Waals surface area contributed by atoms with E-state index < -0.39 is 16.0 Å². The predicted octanol–water partition coefficient (Wildman–Crippen LogP) is 1.25. The van der Waals surface area contributed by atoms with Crippen molar-refractivity contribution in [2.24, 2.45) is 0 Å². The van der Waals surface area contributed by atoms with Gasteiger partial charge in [0, 0.05) is 6.54 Å². The van der Waals surface area contributed by atoms with Crippen molar-refractivity contribution < 1.29 is 18.3 Å². The van der Waals surface area contributed by atoms with Crippen molar-refractivity contribution in [1.82, 2.24) is 4.72 Å². The van der Waals surface area contributed by atoms with E-state index in [2.05, 4.69) is 4.72 Å². The van der Waals surface area contributed by atoms with Crippen LogP contribution in [0.2, 0.25) is 0 Å². The minimum Gasteiger partial charge on any atom is -0.478 e. The summed E-state index contributed by atoms with van der Waals surface area (Å²) in [6.07, 6.45) is 0.528. The van der Waals surface area contributed by atoms with Crippen LogP contribution in [-0.4, -0.2) is 26.0 Å². The van der Waals surface area contributed by atoms with Crippen molar-refractivity contribution >= 4 is 16.0 Å². The topological polar surface area (TPSA) is 83.5 Å². The van der Waals surface area contributed by atoms with Gasteiger partial charge in [-0.3, -0.25) is 0 Å². The summed E-state index contributed by atoms with van der Waals surface area (Å²) in [5.74, 6) is -1.14. The molecule has 0 aromatic heterocycles. The molecule has 1 aromatic carbocycles. The second-order valence-electron chi connectivity index (χ2n) is 3.48. The molecule has 0 aliphatic rings. The van der Waals surface area contributed by atoms with Gasteiger partial charge in [0.1, 0.15) is 0 Å². The summed E-state index contributed by atoms with van der Waals surface area (Å²) < 4.78 is 26.1. The Morgan fingerprint density at radius 2 is 2.00 bits per heavy atom. The molecule has 0 unspecified atom stereocenters. The van der Waals surface area contributed by atoms with Crippen molar-refractivity contribution in [2.45, 2.75) is 25.2 Å². The van der Waals surface area contributed by atoms with E-state index in [0.29, 0.717) is 12.0 Å². The molecular formula is C11H15NO4S. The molecule has 1 rings (SSSR count). The molecule has 0 aliphatic carbocycles. The number of nitrogens with one attached hydrogen (secondary N) is 1. The van der Waals surface area contributed by atoms with Crippen LogP contribution in [0, 0.1) is 0 Å². The highest BCUT2D eigenvalue weighted by Crippen LogP contribution is 2.18. The third kappa shape index (κ3) is 3.04. The Morgan fingerprint density at radius 3 is 2.47 bits per heavy atom. The summed E-state index contributed by atoms with van der Waals surface area (Å²) in [7, 11) is -3.62. The Labute approximate surface area is 101 Å². The molecular weight excluding hydrogens is 242 g/mol. The van der Waals surface area contributed by atoms with E-state index in [1.165, 1.54) is 18.2 Å². The van der Waals surface area contributed by atoms with E-state index in [1.54, 1.807) is 6.92 Å². The molecule has 2 N–H and O–H groups in total. The molecule has 0 radical (unpaired) electrons. The number of aryl methyl sites for hydroxylation is 1. The first-order valence-corrected chi connectivity index (χ1v) is 6.76. The lowest BCUT2D eigenvalue weighted by atomic mass is 10.1. The van der Waals surface area contributed by atoms with Gasteiger partial charge >= 0.3 is 5.97 Å². The van der Waals surface area contributed by atoms with E-state index in [4.69, 9.17) is 5.11 Å².